The van der Waals surface area contributed by atoms with Crippen molar-refractivity contribution >= 4 is 11.5 Å². The summed E-state index contributed by atoms with van der Waals surface area (Å²) in [6.45, 7) is 0.797. The number of aromatic nitrogens is 1. The van der Waals surface area contributed by atoms with Crippen molar-refractivity contribution in [1.29, 1.82) is 0 Å². The summed E-state index contributed by atoms with van der Waals surface area (Å²) in [5.74, 6) is 0.178. The van der Waals surface area contributed by atoms with E-state index >= 15 is 0 Å². The van der Waals surface area contributed by atoms with E-state index in [0.29, 0.717) is 0 Å². The van der Waals surface area contributed by atoms with Crippen molar-refractivity contribution in [3.63, 3.8) is 0 Å². The molecule has 0 radical (unpaired) electrons. The Morgan fingerprint density at radius 3 is 2.60 bits per heavy atom. The van der Waals surface area contributed by atoms with Gasteiger partial charge in [-0.1, -0.05) is 0 Å². The topological polar surface area (TPSA) is 42.2 Å². The van der Waals surface area contributed by atoms with E-state index in [1.54, 1.807) is 13.0 Å². The molecule has 0 unspecified atom stereocenters. The molecule has 0 aliphatic heterocycles. The maximum atomic E-state index is 12.2. The number of anilines is 2. The molecule has 0 atom stereocenters. The van der Waals surface area contributed by atoms with Gasteiger partial charge in [-0.2, -0.15) is 13.2 Å². The molecule has 2 N–H and O–H groups in total. The quantitative estimate of drug-likeness (QED) is 0.846. The molecule has 0 aliphatic rings. The van der Waals surface area contributed by atoms with Gasteiger partial charge in [0.1, 0.15) is 6.54 Å². The lowest BCUT2D eigenvalue weighted by Gasteiger charge is -2.24. The third kappa shape index (κ3) is 3.30. The number of hydrogen-bond donors (Lipinski definition) is 1. The first kappa shape index (κ1) is 11.6. The van der Waals surface area contributed by atoms with Crippen LogP contribution in [0.15, 0.2) is 18.3 Å². The van der Waals surface area contributed by atoms with Crippen molar-refractivity contribution in [2.45, 2.75) is 13.1 Å². The molecule has 0 bridgehead atoms. The Hall–Kier alpha value is -1.46. The molecule has 0 saturated carbocycles. The number of nitrogens with two attached hydrogens (primary N) is 1. The van der Waals surface area contributed by atoms with Crippen LogP contribution >= 0.6 is 0 Å². The Kier molecular flexibility index (Phi) is 3.39. The molecule has 3 nitrogen and oxygen atoms in total. The van der Waals surface area contributed by atoms with Crippen molar-refractivity contribution in [2.24, 2.45) is 0 Å². The third-order valence-electron chi connectivity index (χ3n) is 1.87. The highest BCUT2D eigenvalue weighted by molar-refractivity contribution is 5.62. The zero-order chi connectivity index (χ0) is 11.5. The molecule has 1 rings (SSSR count). The molecule has 0 saturated heterocycles. The summed E-state index contributed by atoms with van der Waals surface area (Å²) in [6, 6.07) is 3.11. The maximum Gasteiger partial charge on any atom is 0.405 e. The van der Waals surface area contributed by atoms with E-state index in [1.165, 1.54) is 12.3 Å². The van der Waals surface area contributed by atoms with Crippen molar-refractivity contribution < 1.29 is 13.2 Å². The summed E-state index contributed by atoms with van der Waals surface area (Å²) in [5.41, 5.74) is 5.80. The highest BCUT2D eigenvalue weighted by atomic mass is 19.4. The predicted molar refractivity (Wildman–Crippen MR) is 52.6 cm³/mol. The second kappa shape index (κ2) is 4.37. The van der Waals surface area contributed by atoms with Crippen LogP contribution in [0.25, 0.3) is 0 Å². The molecule has 15 heavy (non-hydrogen) atoms. The molecule has 1 aromatic heterocycles. The molecule has 0 aromatic carbocycles. The molecule has 1 aromatic rings. The number of pyridine rings is 1. The summed E-state index contributed by atoms with van der Waals surface area (Å²) in [7, 11) is 0. The minimum absolute atomic E-state index is 0.178. The second-order valence-corrected chi connectivity index (χ2v) is 3.05. The second-order valence-electron chi connectivity index (χ2n) is 3.05. The number of nitrogens with zero attached hydrogens (tertiary/aromatic N) is 2. The van der Waals surface area contributed by atoms with Crippen LogP contribution in [-0.4, -0.2) is 24.2 Å². The monoisotopic (exact) mass is 219 g/mol. The standard InChI is InChI=1S/C9H12F3N3/c1-2-15(6-9(10,11)12)8-7(13)4-3-5-14-8/h3-5H,2,6,13H2,1H3. The van der Waals surface area contributed by atoms with Crippen molar-refractivity contribution in [1.82, 2.24) is 4.98 Å². The number of hydrogen-bond acceptors (Lipinski definition) is 3. The highest BCUT2D eigenvalue weighted by Crippen LogP contribution is 2.24. The molecule has 0 spiro atoms. The SMILES string of the molecule is CCN(CC(F)(F)F)c1ncccc1N. The average Bonchev–Trinajstić information content (AvgIpc) is 2.14. The number of rotatable bonds is 3. The van der Waals surface area contributed by atoms with Gasteiger partial charge in [-0.15, -0.1) is 0 Å². The summed E-state index contributed by atoms with van der Waals surface area (Å²) >= 11 is 0. The molecule has 0 fully saturated rings. The van der Waals surface area contributed by atoms with Gasteiger partial charge in [0.25, 0.3) is 0 Å². The minimum Gasteiger partial charge on any atom is -0.396 e. The van der Waals surface area contributed by atoms with Gasteiger partial charge in [-0.25, -0.2) is 4.98 Å². The fraction of sp³-hybridized carbons (Fsp3) is 0.444. The summed E-state index contributed by atoms with van der Waals surface area (Å²) in [4.78, 5) is 4.93. The third-order valence-corrected chi connectivity index (χ3v) is 1.87. The summed E-state index contributed by atoms with van der Waals surface area (Å²) in [5, 5.41) is 0. The predicted octanol–water partition coefficient (Wildman–Crippen LogP) is 2.05. The van der Waals surface area contributed by atoms with Crippen LogP contribution in [0.4, 0.5) is 24.7 Å². The van der Waals surface area contributed by atoms with Crippen molar-refractivity contribution in [2.75, 3.05) is 23.7 Å². The minimum atomic E-state index is -4.25. The van der Waals surface area contributed by atoms with Crippen LogP contribution in [0.5, 0.6) is 0 Å². The van der Waals surface area contributed by atoms with Crippen LogP contribution in [-0.2, 0) is 0 Å². The lowest BCUT2D eigenvalue weighted by atomic mass is 10.3. The first-order valence-electron chi connectivity index (χ1n) is 4.46. The van der Waals surface area contributed by atoms with Crippen LogP contribution < -0.4 is 10.6 Å². The van der Waals surface area contributed by atoms with E-state index in [9.17, 15) is 13.2 Å². The van der Waals surface area contributed by atoms with Gasteiger partial charge in [0.2, 0.25) is 0 Å². The van der Waals surface area contributed by atoms with E-state index in [2.05, 4.69) is 4.98 Å². The lowest BCUT2D eigenvalue weighted by molar-refractivity contribution is -0.119. The van der Waals surface area contributed by atoms with Gasteiger partial charge in [0.05, 0.1) is 5.69 Å². The van der Waals surface area contributed by atoms with Crippen LogP contribution in [0.3, 0.4) is 0 Å². The molecule has 0 aliphatic carbocycles. The molecule has 1 heterocycles. The first-order chi connectivity index (χ1) is 6.94. The highest BCUT2D eigenvalue weighted by Gasteiger charge is 2.31. The van der Waals surface area contributed by atoms with Gasteiger partial charge in [-0.05, 0) is 19.1 Å². The van der Waals surface area contributed by atoms with Gasteiger partial charge < -0.3 is 10.6 Å². The molecule has 6 heteroatoms. The van der Waals surface area contributed by atoms with Crippen molar-refractivity contribution in [3.8, 4) is 0 Å². The Balaban J connectivity index is 2.88. The molecule has 84 valence electrons. The van der Waals surface area contributed by atoms with E-state index in [4.69, 9.17) is 5.73 Å². The average molecular weight is 219 g/mol. The number of nitrogen functional groups attached to an aromatic ring is 1. The summed E-state index contributed by atoms with van der Waals surface area (Å²) < 4.78 is 36.6. The van der Waals surface area contributed by atoms with Crippen LogP contribution in [0.2, 0.25) is 0 Å². The molecule has 0 amide bonds. The van der Waals surface area contributed by atoms with E-state index in [1.807, 2.05) is 0 Å². The Morgan fingerprint density at radius 2 is 2.13 bits per heavy atom. The largest absolute Gasteiger partial charge is 0.405 e. The normalized spacial score (nSPS) is 11.5. The zero-order valence-corrected chi connectivity index (χ0v) is 8.25. The number of alkyl halides is 3. The smallest absolute Gasteiger partial charge is 0.396 e. The maximum absolute atomic E-state index is 12.2. The van der Waals surface area contributed by atoms with Gasteiger partial charge in [-0.3, -0.25) is 0 Å². The van der Waals surface area contributed by atoms with Gasteiger partial charge in [0.15, 0.2) is 5.82 Å². The lowest BCUT2D eigenvalue weighted by Crippen LogP contribution is -2.35. The summed E-state index contributed by atoms with van der Waals surface area (Å²) in [6.07, 6.45) is -2.83. The number of halogens is 3. The Labute approximate surface area is 85.7 Å². The first-order valence-corrected chi connectivity index (χ1v) is 4.46. The fourth-order valence-electron chi connectivity index (χ4n) is 1.23. The zero-order valence-electron chi connectivity index (χ0n) is 8.25. The van der Waals surface area contributed by atoms with Crippen LogP contribution in [0.1, 0.15) is 6.92 Å². The molecular weight excluding hydrogens is 207 g/mol. The fourth-order valence-corrected chi connectivity index (χ4v) is 1.23. The Bertz CT molecular complexity index is 325. The van der Waals surface area contributed by atoms with E-state index < -0.39 is 12.7 Å². The van der Waals surface area contributed by atoms with Gasteiger partial charge in [0, 0.05) is 12.7 Å². The van der Waals surface area contributed by atoms with E-state index in [-0.39, 0.29) is 18.1 Å². The Morgan fingerprint density at radius 1 is 1.47 bits per heavy atom. The van der Waals surface area contributed by atoms with Crippen LogP contribution in [0, 0.1) is 0 Å². The van der Waals surface area contributed by atoms with E-state index in [0.717, 1.165) is 4.90 Å². The van der Waals surface area contributed by atoms with Crippen molar-refractivity contribution in [3.05, 3.63) is 18.3 Å². The van der Waals surface area contributed by atoms with Gasteiger partial charge >= 0.3 is 6.18 Å². The molecular formula is C9H12F3N3.